The maximum absolute atomic E-state index is 13.3. The summed E-state index contributed by atoms with van der Waals surface area (Å²) >= 11 is 1.60. The van der Waals surface area contributed by atoms with Gasteiger partial charge < -0.3 is 9.47 Å². The van der Waals surface area contributed by atoms with Crippen molar-refractivity contribution >= 4 is 32.6 Å². The average molecular weight is 404 g/mol. The van der Waals surface area contributed by atoms with E-state index in [0.29, 0.717) is 0 Å². The van der Waals surface area contributed by atoms with Crippen molar-refractivity contribution in [1.82, 2.24) is 9.88 Å². The van der Waals surface area contributed by atoms with Gasteiger partial charge in [0.1, 0.15) is 5.75 Å². The van der Waals surface area contributed by atoms with Crippen molar-refractivity contribution in [2.24, 2.45) is 5.92 Å². The Bertz CT molecular complexity index is 797. The minimum Gasteiger partial charge on any atom is -0.497 e. The number of aromatic nitrogens is 1. The van der Waals surface area contributed by atoms with Crippen LogP contribution in [0.2, 0.25) is 0 Å². The number of carbonyl (C=O) groups is 1. The molecule has 28 heavy (non-hydrogen) atoms. The Balaban J connectivity index is 1.50. The molecule has 1 saturated heterocycles. The van der Waals surface area contributed by atoms with Crippen LogP contribution in [0, 0.1) is 5.92 Å². The molecule has 0 N–H and O–H groups in total. The topological polar surface area (TPSA) is 54.9 Å². The molecule has 0 spiro atoms. The maximum Gasteiger partial charge on any atom is 0.231 e. The van der Waals surface area contributed by atoms with Gasteiger partial charge in [0, 0.05) is 38.2 Å². The van der Waals surface area contributed by atoms with Crippen LogP contribution in [0.15, 0.2) is 18.2 Å². The van der Waals surface area contributed by atoms with Crippen molar-refractivity contribution in [1.29, 1.82) is 0 Å². The number of methoxy groups -OCH3 is 1. The molecule has 0 atom stereocenters. The average Bonchev–Trinajstić information content (AvgIpc) is 3.40. The van der Waals surface area contributed by atoms with Crippen LogP contribution < -0.4 is 9.64 Å². The standard InChI is InChI=1S/C21H29N3O3S/c1-26-17-7-8-19-18(15-17)22-21(28-19)24(20(25)16-5-2-3-6-16)10-4-9-23-11-13-27-14-12-23/h7-8,15-16H,2-6,9-14H2,1H3. The number of hydrogen-bond donors (Lipinski definition) is 0. The molecular weight excluding hydrogens is 374 g/mol. The molecule has 2 fully saturated rings. The summed E-state index contributed by atoms with van der Waals surface area (Å²) < 4.78 is 11.8. The lowest BCUT2D eigenvalue weighted by atomic mass is 10.1. The van der Waals surface area contributed by atoms with Gasteiger partial charge in [0.25, 0.3) is 0 Å². The minimum atomic E-state index is 0.157. The molecule has 1 aromatic carbocycles. The molecule has 0 bridgehead atoms. The summed E-state index contributed by atoms with van der Waals surface area (Å²) in [5.74, 6) is 1.21. The number of anilines is 1. The fraction of sp³-hybridized carbons (Fsp3) is 0.619. The molecule has 4 rings (SSSR count). The molecule has 152 valence electrons. The fourth-order valence-corrected chi connectivity index (χ4v) is 5.09. The van der Waals surface area contributed by atoms with Crippen molar-refractivity contribution in [2.45, 2.75) is 32.1 Å². The molecule has 2 aromatic rings. The predicted molar refractivity (Wildman–Crippen MR) is 112 cm³/mol. The van der Waals surface area contributed by atoms with Crippen LogP contribution in [0.3, 0.4) is 0 Å². The highest BCUT2D eigenvalue weighted by Gasteiger charge is 2.29. The van der Waals surface area contributed by atoms with Gasteiger partial charge in [-0.25, -0.2) is 4.98 Å². The number of morpholine rings is 1. The zero-order valence-electron chi connectivity index (χ0n) is 16.6. The zero-order valence-corrected chi connectivity index (χ0v) is 17.4. The van der Waals surface area contributed by atoms with Crippen molar-refractivity contribution in [3.05, 3.63) is 18.2 Å². The second-order valence-electron chi connectivity index (χ2n) is 7.61. The van der Waals surface area contributed by atoms with Crippen LogP contribution in [0.5, 0.6) is 5.75 Å². The van der Waals surface area contributed by atoms with E-state index in [-0.39, 0.29) is 11.8 Å². The monoisotopic (exact) mass is 403 g/mol. The highest BCUT2D eigenvalue weighted by molar-refractivity contribution is 7.22. The van der Waals surface area contributed by atoms with E-state index in [1.54, 1.807) is 18.4 Å². The van der Waals surface area contributed by atoms with E-state index in [1.165, 1.54) is 0 Å². The molecule has 2 aliphatic rings. The molecule has 1 aliphatic heterocycles. The summed E-state index contributed by atoms with van der Waals surface area (Å²) in [4.78, 5) is 22.4. The van der Waals surface area contributed by atoms with Crippen molar-refractivity contribution in [3.8, 4) is 5.75 Å². The number of rotatable bonds is 7. The van der Waals surface area contributed by atoms with Gasteiger partial charge in [0.2, 0.25) is 5.91 Å². The van der Waals surface area contributed by atoms with E-state index in [0.717, 1.165) is 92.6 Å². The third-order valence-corrected chi connectivity index (χ3v) is 6.80. The summed E-state index contributed by atoms with van der Waals surface area (Å²) in [6.45, 7) is 5.31. The Morgan fingerprint density at radius 1 is 1.32 bits per heavy atom. The van der Waals surface area contributed by atoms with Crippen molar-refractivity contribution in [3.63, 3.8) is 0 Å². The van der Waals surface area contributed by atoms with Crippen LogP contribution in [-0.2, 0) is 9.53 Å². The van der Waals surface area contributed by atoms with Crippen LogP contribution >= 0.6 is 11.3 Å². The summed E-state index contributed by atoms with van der Waals surface area (Å²) in [5, 5.41) is 0.821. The quantitative estimate of drug-likeness (QED) is 0.708. The molecule has 1 aliphatic carbocycles. The molecule has 1 saturated carbocycles. The normalized spacial score (nSPS) is 18.6. The van der Waals surface area contributed by atoms with Crippen LogP contribution in [0.4, 0.5) is 5.13 Å². The fourth-order valence-electron chi connectivity index (χ4n) is 4.11. The number of ether oxygens (including phenoxy) is 2. The zero-order chi connectivity index (χ0) is 19.3. The van der Waals surface area contributed by atoms with Crippen LogP contribution in [-0.4, -0.2) is 62.3 Å². The summed E-state index contributed by atoms with van der Waals surface area (Å²) in [5.41, 5.74) is 0.900. The third kappa shape index (κ3) is 4.47. The molecule has 1 aromatic heterocycles. The van der Waals surface area contributed by atoms with Gasteiger partial charge in [-0.3, -0.25) is 14.6 Å². The third-order valence-electron chi connectivity index (χ3n) is 5.74. The first kappa shape index (κ1) is 19.6. The molecule has 0 unspecified atom stereocenters. The highest BCUT2D eigenvalue weighted by atomic mass is 32.1. The number of hydrogen-bond acceptors (Lipinski definition) is 6. The van der Waals surface area contributed by atoms with Gasteiger partial charge in [-0.05, 0) is 31.4 Å². The van der Waals surface area contributed by atoms with E-state index < -0.39 is 0 Å². The number of carbonyl (C=O) groups excluding carboxylic acids is 1. The van der Waals surface area contributed by atoms with E-state index >= 15 is 0 Å². The number of benzene rings is 1. The lowest BCUT2D eigenvalue weighted by Gasteiger charge is -2.28. The van der Waals surface area contributed by atoms with Crippen molar-refractivity contribution < 1.29 is 14.3 Å². The largest absolute Gasteiger partial charge is 0.497 e. The number of fused-ring (bicyclic) bond motifs is 1. The van der Waals surface area contributed by atoms with E-state index in [1.807, 2.05) is 23.1 Å². The Hall–Kier alpha value is -1.70. The van der Waals surface area contributed by atoms with Gasteiger partial charge in [0.15, 0.2) is 5.13 Å². The first-order valence-corrected chi connectivity index (χ1v) is 11.1. The number of thiazole rings is 1. The Morgan fingerprint density at radius 3 is 2.86 bits per heavy atom. The van der Waals surface area contributed by atoms with E-state index in [2.05, 4.69) is 4.90 Å². The Morgan fingerprint density at radius 2 is 2.11 bits per heavy atom. The first-order valence-electron chi connectivity index (χ1n) is 10.3. The summed E-state index contributed by atoms with van der Waals surface area (Å²) in [7, 11) is 1.66. The first-order chi connectivity index (χ1) is 13.7. The highest BCUT2D eigenvalue weighted by Crippen LogP contribution is 2.34. The molecule has 6 nitrogen and oxygen atoms in total. The van der Waals surface area contributed by atoms with E-state index in [4.69, 9.17) is 14.5 Å². The lowest BCUT2D eigenvalue weighted by Crippen LogP contribution is -2.40. The van der Waals surface area contributed by atoms with E-state index in [9.17, 15) is 4.79 Å². The molecule has 0 radical (unpaired) electrons. The van der Waals surface area contributed by atoms with Gasteiger partial charge >= 0.3 is 0 Å². The smallest absolute Gasteiger partial charge is 0.231 e. The Kier molecular flexibility index (Phi) is 6.44. The lowest BCUT2D eigenvalue weighted by molar-refractivity contribution is -0.122. The number of amides is 1. The maximum atomic E-state index is 13.3. The SMILES string of the molecule is COc1ccc2sc(N(CCCN3CCOCC3)C(=O)C3CCCC3)nc2c1. The van der Waals surface area contributed by atoms with Crippen molar-refractivity contribution in [2.75, 3.05) is 51.4 Å². The summed E-state index contributed by atoms with van der Waals surface area (Å²) in [6.07, 6.45) is 5.30. The van der Waals surface area contributed by atoms with Gasteiger partial charge in [-0.2, -0.15) is 0 Å². The second-order valence-corrected chi connectivity index (χ2v) is 8.62. The van der Waals surface area contributed by atoms with Gasteiger partial charge in [-0.1, -0.05) is 24.2 Å². The molecule has 1 amide bonds. The molecule has 2 heterocycles. The van der Waals surface area contributed by atoms with Gasteiger partial charge in [-0.15, -0.1) is 0 Å². The Labute approximate surface area is 170 Å². The summed E-state index contributed by atoms with van der Waals surface area (Å²) in [6, 6.07) is 5.93. The number of nitrogens with zero attached hydrogens (tertiary/aromatic N) is 3. The van der Waals surface area contributed by atoms with Gasteiger partial charge in [0.05, 0.1) is 30.5 Å². The van der Waals surface area contributed by atoms with Crippen LogP contribution in [0.25, 0.3) is 10.2 Å². The minimum absolute atomic E-state index is 0.157. The second kappa shape index (κ2) is 9.20. The van der Waals surface area contributed by atoms with Crippen LogP contribution in [0.1, 0.15) is 32.1 Å². The molecule has 7 heteroatoms. The molecular formula is C21H29N3O3S. The predicted octanol–water partition coefficient (Wildman–Crippen LogP) is 3.55.